The zero-order valence-electron chi connectivity index (χ0n) is 11.4. The van der Waals surface area contributed by atoms with Gasteiger partial charge in [-0.05, 0) is 30.7 Å². The Bertz CT molecular complexity index is 417. The van der Waals surface area contributed by atoms with Crippen LogP contribution in [0.1, 0.15) is 44.7 Å². The lowest BCUT2D eigenvalue weighted by atomic mass is 9.94. The maximum absolute atomic E-state index is 5.73. The van der Waals surface area contributed by atoms with Crippen LogP contribution in [-0.2, 0) is 0 Å². The fourth-order valence-corrected chi connectivity index (χ4v) is 3.37. The van der Waals surface area contributed by atoms with Crippen LogP contribution in [0, 0.1) is 11.8 Å². The quantitative estimate of drug-likeness (QED) is 0.860. The molecule has 1 saturated carbocycles. The van der Waals surface area contributed by atoms with Crippen LogP contribution in [0.4, 0.5) is 0 Å². The van der Waals surface area contributed by atoms with Gasteiger partial charge in [0.25, 0.3) is 0 Å². The highest BCUT2D eigenvalue weighted by Crippen LogP contribution is 2.36. The van der Waals surface area contributed by atoms with E-state index >= 15 is 0 Å². The minimum atomic E-state index is 0.479. The summed E-state index contributed by atoms with van der Waals surface area (Å²) in [6.07, 6.45) is 3.78. The van der Waals surface area contributed by atoms with Gasteiger partial charge in [-0.1, -0.05) is 32.0 Å². The predicted octanol–water partition coefficient (Wildman–Crippen LogP) is 3.53. The summed E-state index contributed by atoms with van der Waals surface area (Å²) in [6, 6.07) is 9.62. The van der Waals surface area contributed by atoms with Gasteiger partial charge in [-0.15, -0.1) is 0 Å². The Hall–Kier alpha value is -1.02. The van der Waals surface area contributed by atoms with E-state index in [2.05, 4.69) is 43.4 Å². The maximum Gasteiger partial charge on any atom is 0.124 e. The van der Waals surface area contributed by atoms with Gasteiger partial charge in [-0.2, -0.15) is 0 Å². The molecule has 18 heavy (non-hydrogen) atoms. The monoisotopic (exact) mass is 245 g/mol. The molecule has 0 radical (unpaired) electrons. The van der Waals surface area contributed by atoms with Crippen molar-refractivity contribution in [2.24, 2.45) is 11.8 Å². The molecule has 2 aliphatic rings. The van der Waals surface area contributed by atoms with Crippen LogP contribution in [0.25, 0.3) is 0 Å². The maximum atomic E-state index is 5.73. The van der Waals surface area contributed by atoms with E-state index in [9.17, 15) is 0 Å². The fourth-order valence-electron chi connectivity index (χ4n) is 3.37. The molecule has 1 aromatic carbocycles. The van der Waals surface area contributed by atoms with Crippen molar-refractivity contribution in [2.75, 3.05) is 6.61 Å². The van der Waals surface area contributed by atoms with E-state index in [-0.39, 0.29) is 0 Å². The smallest absolute Gasteiger partial charge is 0.124 e. The molecule has 1 aliphatic carbocycles. The van der Waals surface area contributed by atoms with Crippen LogP contribution in [0.3, 0.4) is 0 Å². The topological polar surface area (TPSA) is 21.3 Å². The Morgan fingerprint density at radius 3 is 2.72 bits per heavy atom. The SMILES string of the molecule is CC1CCC(NC2CCOc3ccccc32)C1C. The number of fused-ring (bicyclic) bond motifs is 1. The first-order chi connectivity index (χ1) is 8.75. The van der Waals surface area contributed by atoms with E-state index < -0.39 is 0 Å². The zero-order chi connectivity index (χ0) is 12.5. The summed E-state index contributed by atoms with van der Waals surface area (Å²) < 4.78 is 5.73. The van der Waals surface area contributed by atoms with Crippen LogP contribution in [0.5, 0.6) is 5.75 Å². The lowest BCUT2D eigenvalue weighted by Crippen LogP contribution is -2.37. The van der Waals surface area contributed by atoms with Crippen LogP contribution in [-0.4, -0.2) is 12.6 Å². The van der Waals surface area contributed by atoms with Gasteiger partial charge in [0.2, 0.25) is 0 Å². The average Bonchev–Trinajstić information content (AvgIpc) is 2.71. The van der Waals surface area contributed by atoms with E-state index in [1.165, 1.54) is 18.4 Å². The van der Waals surface area contributed by atoms with Crippen LogP contribution < -0.4 is 10.1 Å². The van der Waals surface area contributed by atoms with Crippen molar-refractivity contribution in [3.63, 3.8) is 0 Å². The summed E-state index contributed by atoms with van der Waals surface area (Å²) in [5, 5.41) is 3.87. The molecule has 0 amide bonds. The molecule has 98 valence electrons. The van der Waals surface area contributed by atoms with Crippen molar-refractivity contribution in [3.05, 3.63) is 29.8 Å². The molecule has 0 aromatic heterocycles. The van der Waals surface area contributed by atoms with Gasteiger partial charge >= 0.3 is 0 Å². The molecule has 3 rings (SSSR count). The standard InChI is InChI=1S/C16H23NO/c1-11-7-8-14(12(11)2)17-15-9-10-18-16-6-4-3-5-13(15)16/h3-6,11-12,14-15,17H,7-10H2,1-2H3. The summed E-state index contributed by atoms with van der Waals surface area (Å²) >= 11 is 0. The Morgan fingerprint density at radius 1 is 1.11 bits per heavy atom. The van der Waals surface area contributed by atoms with Crippen LogP contribution in [0.15, 0.2) is 24.3 Å². The van der Waals surface area contributed by atoms with Crippen molar-refractivity contribution >= 4 is 0 Å². The Balaban J connectivity index is 1.75. The molecule has 0 spiro atoms. The largest absolute Gasteiger partial charge is 0.493 e. The second-order valence-corrected chi connectivity index (χ2v) is 5.91. The third-order valence-electron chi connectivity index (χ3n) is 4.84. The molecular formula is C16H23NO. The average molecular weight is 245 g/mol. The molecule has 1 N–H and O–H groups in total. The Kier molecular flexibility index (Phi) is 3.29. The molecule has 0 bridgehead atoms. The van der Waals surface area contributed by atoms with Crippen molar-refractivity contribution in [3.8, 4) is 5.75 Å². The number of hydrogen-bond acceptors (Lipinski definition) is 2. The van der Waals surface area contributed by atoms with E-state index in [0.29, 0.717) is 12.1 Å². The lowest BCUT2D eigenvalue weighted by molar-refractivity contribution is 0.233. The molecule has 1 aliphatic heterocycles. The molecule has 4 atom stereocenters. The summed E-state index contributed by atoms with van der Waals surface area (Å²) in [5.74, 6) is 2.72. The van der Waals surface area contributed by atoms with Crippen molar-refractivity contribution < 1.29 is 4.74 Å². The van der Waals surface area contributed by atoms with Gasteiger partial charge in [0.05, 0.1) is 6.61 Å². The van der Waals surface area contributed by atoms with Gasteiger partial charge in [0.15, 0.2) is 0 Å². The van der Waals surface area contributed by atoms with Crippen LogP contribution in [0.2, 0.25) is 0 Å². The second kappa shape index (κ2) is 4.93. The molecule has 1 fully saturated rings. The number of hydrogen-bond donors (Lipinski definition) is 1. The first-order valence-electron chi connectivity index (χ1n) is 7.23. The minimum absolute atomic E-state index is 0.479. The zero-order valence-corrected chi connectivity index (χ0v) is 11.4. The minimum Gasteiger partial charge on any atom is -0.493 e. The molecule has 2 heteroatoms. The highest BCUT2D eigenvalue weighted by atomic mass is 16.5. The highest BCUT2D eigenvalue weighted by Gasteiger charge is 2.32. The van der Waals surface area contributed by atoms with Gasteiger partial charge in [0.1, 0.15) is 5.75 Å². The van der Waals surface area contributed by atoms with E-state index in [4.69, 9.17) is 4.74 Å². The molecular weight excluding hydrogens is 222 g/mol. The van der Waals surface area contributed by atoms with Crippen molar-refractivity contribution in [2.45, 2.75) is 45.2 Å². The van der Waals surface area contributed by atoms with E-state index in [1.807, 2.05) is 0 Å². The molecule has 2 nitrogen and oxygen atoms in total. The second-order valence-electron chi connectivity index (χ2n) is 5.91. The fraction of sp³-hybridized carbons (Fsp3) is 0.625. The normalized spacial score (nSPS) is 35.0. The molecule has 1 aromatic rings. The Labute approximate surface area is 110 Å². The van der Waals surface area contributed by atoms with Crippen molar-refractivity contribution in [1.29, 1.82) is 0 Å². The van der Waals surface area contributed by atoms with E-state index in [1.54, 1.807) is 0 Å². The third kappa shape index (κ3) is 2.14. The summed E-state index contributed by atoms with van der Waals surface area (Å²) in [4.78, 5) is 0. The number of nitrogens with one attached hydrogen (secondary N) is 1. The summed E-state index contributed by atoms with van der Waals surface area (Å²) in [6.45, 7) is 5.61. The summed E-state index contributed by atoms with van der Waals surface area (Å²) in [5.41, 5.74) is 1.34. The third-order valence-corrected chi connectivity index (χ3v) is 4.84. The number of benzene rings is 1. The summed E-state index contributed by atoms with van der Waals surface area (Å²) in [7, 11) is 0. The van der Waals surface area contributed by atoms with Gasteiger partial charge < -0.3 is 10.1 Å². The lowest BCUT2D eigenvalue weighted by Gasteiger charge is -2.31. The van der Waals surface area contributed by atoms with Crippen molar-refractivity contribution in [1.82, 2.24) is 5.32 Å². The number of rotatable bonds is 2. The number of ether oxygens (including phenoxy) is 1. The predicted molar refractivity (Wildman–Crippen MR) is 73.8 cm³/mol. The molecule has 4 unspecified atom stereocenters. The highest BCUT2D eigenvalue weighted by molar-refractivity contribution is 5.37. The van der Waals surface area contributed by atoms with Crippen LogP contribution >= 0.6 is 0 Å². The molecule has 0 saturated heterocycles. The number of para-hydroxylation sites is 1. The molecule has 1 heterocycles. The van der Waals surface area contributed by atoms with Gasteiger partial charge in [-0.3, -0.25) is 0 Å². The van der Waals surface area contributed by atoms with E-state index in [0.717, 1.165) is 30.6 Å². The first kappa shape index (κ1) is 12.0. The van der Waals surface area contributed by atoms with Gasteiger partial charge in [0, 0.05) is 24.1 Å². The first-order valence-corrected chi connectivity index (χ1v) is 7.23. The van der Waals surface area contributed by atoms with Gasteiger partial charge in [-0.25, -0.2) is 0 Å². The Morgan fingerprint density at radius 2 is 1.94 bits per heavy atom.